The number of aryl methyl sites for hydroxylation is 1. The number of benzene rings is 1. The van der Waals surface area contributed by atoms with Gasteiger partial charge in [0.15, 0.2) is 0 Å². The van der Waals surface area contributed by atoms with Gasteiger partial charge in [-0.25, -0.2) is 13.2 Å². The van der Waals surface area contributed by atoms with Crippen molar-refractivity contribution in [2.45, 2.75) is 76.4 Å². The van der Waals surface area contributed by atoms with Crippen molar-refractivity contribution in [2.75, 3.05) is 6.61 Å². The number of carboxylic acid groups (broad SMARTS) is 2. The van der Waals surface area contributed by atoms with Crippen LogP contribution in [0.4, 0.5) is 0 Å². The van der Waals surface area contributed by atoms with E-state index < -0.39 is 83.1 Å². The molecule has 13 nitrogen and oxygen atoms in total. The van der Waals surface area contributed by atoms with Crippen LogP contribution in [0.1, 0.15) is 52.0 Å². The van der Waals surface area contributed by atoms with Crippen molar-refractivity contribution in [2.24, 2.45) is 5.92 Å². The Morgan fingerprint density at radius 2 is 1.60 bits per heavy atom. The lowest BCUT2D eigenvalue weighted by Gasteiger charge is -2.27. The number of hydrogen-bond acceptors (Lipinski definition) is 8. The van der Waals surface area contributed by atoms with Crippen LogP contribution in [0.15, 0.2) is 41.3 Å². The van der Waals surface area contributed by atoms with E-state index >= 15 is 0 Å². The molecule has 0 radical (unpaired) electrons. The molecule has 0 aromatic heterocycles. The van der Waals surface area contributed by atoms with Gasteiger partial charge in [0, 0.05) is 12.5 Å². The Hall–Kier alpha value is -3.78. The highest BCUT2D eigenvalue weighted by Gasteiger charge is 2.32. The number of rotatable bonds is 17. The zero-order valence-electron chi connectivity index (χ0n) is 22.9. The molecule has 0 aliphatic heterocycles. The number of amides is 2. The van der Waals surface area contributed by atoms with Crippen molar-refractivity contribution in [3.8, 4) is 0 Å². The lowest BCUT2D eigenvalue weighted by atomic mass is 9.97. The topological polar surface area (TPSA) is 205 Å². The summed E-state index contributed by atoms with van der Waals surface area (Å²) < 4.78 is 32.8. The maximum Gasteiger partial charge on any atom is 0.330 e. The second-order valence-corrected chi connectivity index (χ2v) is 10.8. The predicted molar refractivity (Wildman–Crippen MR) is 144 cm³/mol. The summed E-state index contributed by atoms with van der Waals surface area (Å²) in [5.41, 5.74) is 0.805. The molecule has 0 aliphatic carbocycles. The standard InChI is InChI=1S/C26H37N3O10S/c1-5-17(4)24(26(36)27-18(15-22(32)33)9-14-23(34)39-6-2)28-25(35)20(12-13-21(30)31)29-40(37,38)19-10-7-16(3)8-11-19/h7-11,14,17-18,20,24,29H,5-6,12-13,15H2,1-4H3,(H,27,36)(H,28,35)(H,30,31)(H,32,33)/b14-9+/t17?,18-,20+,24+/m1/s1. The molecule has 1 aromatic carbocycles. The Balaban J connectivity index is 3.20. The third kappa shape index (κ3) is 11.9. The van der Waals surface area contributed by atoms with E-state index in [0.29, 0.717) is 6.42 Å². The summed E-state index contributed by atoms with van der Waals surface area (Å²) in [6, 6.07) is 1.92. The molecular weight excluding hydrogens is 546 g/mol. The summed E-state index contributed by atoms with van der Waals surface area (Å²) in [6.45, 7) is 6.84. The number of carboxylic acids is 2. The average molecular weight is 584 g/mol. The van der Waals surface area contributed by atoms with Gasteiger partial charge in [0.25, 0.3) is 0 Å². The lowest BCUT2D eigenvalue weighted by molar-refractivity contribution is -0.139. The molecule has 222 valence electrons. The normalized spacial score (nSPS) is 14.5. The average Bonchev–Trinajstić information content (AvgIpc) is 2.87. The number of carbonyl (C=O) groups is 5. The molecule has 1 aromatic rings. The maximum atomic E-state index is 13.2. The first-order chi connectivity index (χ1) is 18.7. The molecule has 4 atom stereocenters. The zero-order valence-corrected chi connectivity index (χ0v) is 23.7. The first kappa shape index (κ1) is 34.2. The summed E-state index contributed by atoms with van der Waals surface area (Å²) in [5, 5.41) is 23.3. The van der Waals surface area contributed by atoms with Gasteiger partial charge in [0.05, 0.1) is 24.0 Å². The van der Waals surface area contributed by atoms with E-state index in [1.54, 1.807) is 39.8 Å². The first-order valence-corrected chi connectivity index (χ1v) is 14.2. The molecule has 0 heterocycles. The molecule has 5 N–H and O–H groups in total. The zero-order chi connectivity index (χ0) is 30.5. The van der Waals surface area contributed by atoms with Crippen LogP contribution in [-0.4, -0.2) is 73.1 Å². The van der Waals surface area contributed by atoms with Crippen LogP contribution in [0.3, 0.4) is 0 Å². The van der Waals surface area contributed by atoms with Crippen LogP contribution in [0, 0.1) is 12.8 Å². The van der Waals surface area contributed by atoms with Gasteiger partial charge in [-0.1, -0.05) is 44.0 Å². The highest BCUT2D eigenvalue weighted by atomic mass is 32.2. The van der Waals surface area contributed by atoms with E-state index in [4.69, 9.17) is 9.84 Å². The number of esters is 1. The van der Waals surface area contributed by atoms with Gasteiger partial charge >= 0.3 is 17.9 Å². The SMILES string of the molecule is CCOC(=O)/C=C/[C@H](CC(=O)O)NC(=O)[C@@H](NC(=O)[C@H](CCC(=O)O)NS(=O)(=O)c1ccc(C)cc1)C(C)CC. The van der Waals surface area contributed by atoms with Gasteiger partial charge < -0.3 is 25.6 Å². The maximum absolute atomic E-state index is 13.2. The first-order valence-electron chi connectivity index (χ1n) is 12.7. The van der Waals surface area contributed by atoms with Crippen LogP contribution in [0.25, 0.3) is 0 Å². The third-order valence-corrected chi connectivity index (χ3v) is 7.35. The van der Waals surface area contributed by atoms with Gasteiger partial charge in [0.1, 0.15) is 12.1 Å². The molecule has 0 spiro atoms. The third-order valence-electron chi connectivity index (χ3n) is 5.86. The van der Waals surface area contributed by atoms with Gasteiger partial charge in [0.2, 0.25) is 21.8 Å². The minimum Gasteiger partial charge on any atom is -0.481 e. The molecule has 14 heteroatoms. The summed E-state index contributed by atoms with van der Waals surface area (Å²) in [4.78, 5) is 60.4. The lowest BCUT2D eigenvalue weighted by Crippen LogP contribution is -2.57. The monoisotopic (exact) mass is 583 g/mol. The second kappa shape index (κ2) is 16.4. The van der Waals surface area contributed by atoms with E-state index in [9.17, 15) is 37.5 Å². The molecule has 0 saturated carbocycles. The fraction of sp³-hybridized carbons (Fsp3) is 0.500. The van der Waals surface area contributed by atoms with Crippen molar-refractivity contribution in [1.82, 2.24) is 15.4 Å². The Bertz CT molecular complexity index is 1180. The summed E-state index contributed by atoms with van der Waals surface area (Å²) in [6.07, 6.45) is 1.04. The fourth-order valence-electron chi connectivity index (χ4n) is 3.45. The van der Waals surface area contributed by atoms with Gasteiger partial charge in [-0.2, -0.15) is 4.72 Å². The second-order valence-electron chi connectivity index (χ2n) is 9.12. The van der Waals surface area contributed by atoms with Gasteiger partial charge in [-0.3, -0.25) is 19.2 Å². The fourth-order valence-corrected chi connectivity index (χ4v) is 4.68. The largest absolute Gasteiger partial charge is 0.481 e. The molecule has 1 rings (SSSR count). The van der Waals surface area contributed by atoms with Crippen LogP contribution >= 0.6 is 0 Å². The van der Waals surface area contributed by atoms with Crippen molar-refractivity contribution in [1.29, 1.82) is 0 Å². The van der Waals surface area contributed by atoms with E-state index in [-0.39, 0.29) is 11.5 Å². The van der Waals surface area contributed by atoms with E-state index in [0.717, 1.165) is 17.7 Å². The summed E-state index contributed by atoms with van der Waals surface area (Å²) in [7, 11) is -4.23. The van der Waals surface area contributed by atoms with Crippen LogP contribution < -0.4 is 15.4 Å². The van der Waals surface area contributed by atoms with E-state index in [2.05, 4.69) is 15.4 Å². The summed E-state index contributed by atoms with van der Waals surface area (Å²) in [5.74, 6) is -5.45. The molecule has 0 fully saturated rings. The molecule has 1 unspecified atom stereocenters. The highest BCUT2D eigenvalue weighted by molar-refractivity contribution is 7.89. The molecular formula is C26H37N3O10S. The number of sulfonamides is 1. The molecule has 0 aliphatic rings. The Morgan fingerprint density at radius 3 is 2.12 bits per heavy atom. The Kier molecular flexibility index (Phi) is 14.0. The van der Waals surface area contributed by atoms with Gasteiger partial charge in [-0.15, -0.1) is 0 Å². The number of ether oxygens (including phenoxy) is 1. The van der Waals surface area contributed by atoms with Crippen molar-refractivity contribution in [3.63, 3.8) is 0 Å². The smallest absolute Gasteiger partial charge is 0.330 e. The van der Waals surface area contributed by atoms with Crippen LogP contribution in [0.5, 0.6) is 0 Å². The van der Waals surface area contributed by atoms with E-state index in [1.165, 1.54) is 12.1 Å². The quantitative estimate of drug-likeness (QED) is 0.130. The molecule has 40 heavy (non-hydrogen) atoms. The van der Waals surface area contributed by atoms with E-state index in [1.807, 2.05) is 0 Å². The number of nitrogens with one attached hydrogen (secondary N) is 3. The van der Waals surface area contributed by atoms with Crippen molar-refractivity contribution in [3.05, 3.63) is 42.0 Å². The van der Waals surface area contributed by atoms with Crippen LogP contribution in [0.2, 0.25) is 0 Å². The minimum absolute atomic E-state index is 0.0952. The Morgan fingerprint density at radius 1 is 0.975 bits per heavy atom. The summed E-state index contributed by atoms with van der Waals surface area (Å²) >= 11 is 0. The number of carbonyl (C=O) groups excluding carboxylic acids is 3. The molecule has 0 bridgehead atoms. The Labute approximate surface area is 233 Å². The highest BCUT2D eigenvalue weighted by Crippen LogP contribution is 2.14. The number of hydrogen-bond donors (Lipinski definition) is 5. The molecule has 0 saturated heterocycles. The van der Waals surface area contributed by atoms with Crippen molar-refractivity contribution >= 4 is 39.7 Å². The van der Waals surface area contributed by atoms with Crippen LogP contribution in [-0.2, 0) is 38.7 Å². The molecule has 2 amide bonds. The van der Waals surface area contributed by atoms with Crippen molar-refractivity contribution < 1.29 is 47.3 Å². The predicted octanol–water partition coefficient (Wildman–Crippen LogP) is 1.12. The number of aliphatic carboxylic acids is 2. The van der Waals surface area contributed by atoms with Gasteiger partial charge in [-0.05, 0) is 38.3 Å². The minimum atomic E-state index is -4.23.